The lowest BCUT2D eigenvalue weighted by Gasteiger charge is -2.35. The second-order valence-electron chi connectivity index (χ2n) is 6.08. The standard InChI is InChI=1S/C17H23N5O2/c18-16-4-2-1-3-14(16)5-11-22(24)15-6-9-20(10-7-15)17(23)21-12-8-19-13-21/h1-4,8,12-13,15,24H,5-7,9-11,18H2. The van der Waals surface area contributed by atoms with Gasteiger partial charge in [-0.3, -0.25) is 4.57 Å². The fraction of sp³-hybridized carbons (Fsp3) is 0.412. The van der Waals surface area contributed by atoms with E-state index in [1.807, 2.05) is 24.3 Å². The SMILES string of the molecule is Nc1ccccc1CCN(O)C1CCN(C(=O)n2ccnc2)CC1. The summed E-state index contributed by atoms with van der Waals surface area (Å²) in [7, 11) is 0. The highest BCUT2D eigenvalue weighted by atomic mass is 16.5. The van der Waals surface area contributed by atoms with Crippen LogP contribution >= 0.6 is 0 Å². The van der Waals surface area contributed by atoms with Gasteiger partial charge in [0.25, 0.3) is 0 Å². The van der Waals surface area contributed by atoms with Gasteiger partial charge in [-0.15, -0.1) is 0 Å². The smallest absolute Gasteiger partial charge is 0.329 e. The van der Waals surface area contributed by atoms with Crippen molar-refractivity contribution in [2.24, 2.45) is 0 Å². The van der Waals surface area contributed by atoms with E-state index >= 15 is 0 Å². The third-order valence-corrected chi connectivity index (χ3v) is 4.55. The Balaban J connectivity index is 1.47. The molecule has 7 heteroatoms. The van der Waals surface area contributed by atoms with Gasteiger partial charge in [-0.25, -0.2) is 9.78 Å². The Bertz CT molecular complexity index is 665. The Morgan fingerprint density at radius 3 is 2.75 bits per heavy atom. The summed E-state index contributed by atoms with van der Waals surface area (Å²) < 4.78 is 1.48. The molecular weight excluding hydrogens is 306 g/mol. The van der Waals surface area contributed by atoms with Crippen LogP contribution in [0.1, 0.15) is 18.4 Å². The normalized spacial score (nSPS) is 15.8. The van der Waals surface area contributed by atoms with Gasteiger partial charge in [0.1, 0.15) is 6.33 Å². The monoisotopic (exact) mass is 329 g/mol. The van der Waals surface area contributed by atoms with E-state index in [-0.39, 0.29) is 12.1 Å². The van der Waals surface area contributed by atoms with Crippen LogP contribution in [-0.4, -0.2) is 56.4 Å². The van der Waals surface area contributed by atoms with Gasteiger partial charge in [0.2, 0.25) is 0 Å². The number of nitrogens with zero attached hydrogens (tertiary/aromatic N) is 4. The minimum Gasteiger partial charge on any atom is -0.399 e. The van der Waals surface area contributed by atoms with Gasteiger partial charge in [0, 0.05) is 43.8 Å². The van der Waals surface area contributed by atoms with E-state index in [0.29, 0.717) is 26.1 Å². The predicted molar refractivity (Wildman–Crippen MR) is 90.7 cm³/mol. The summed E-state index contributed by atoms with van der Waals surface area (Å²) >= 11 is 0. The molecular formula is C17H23N5O2. The van der Waals surface area contributed by atoms with Gasteiger partial charge in [0.15, 0.2) is 0 Å². The number of amides is 1. The summed E-state index contributed by atoms with van der Waals surface area (Å²) in [4.78, 5) is 17.9. The molecule has 2 aromatic rings. The van der Waals surface area contributed by atoms with Crippen molar-refractivity contribution in [3.05, 3.63) is 48.5 Å². The van der Waals surface area contributed by atoms with Crippen LogP contribution in [0.5, 0.6) is 0 Å². The molecule has 24 heavy (non-hydrogen) atoms. The van der Waals surface area contributed by atoms with E-state index in [2.05, 4.69) is 4.98 Å². The molecule has 1 aromatic heterocycles. The summed E-state index contributed by atoms with van der Waals surface area (Å²) in [6, 6.07) is 7.72. The predicted octanol–water partition coefficient (Wildman–Crippen LogP) is 1.83. The number of benzene rings is 1. The minimum atomic E-state index is -0.0625. The molecule has 0 bridgehead atoms. The second-order valence-corrected chi connectivity index (χ2v) is 6.08. The molecule has 7 nitrogen and oxygen atoms in total. The first kappa shape index (κ1) is 16.5. The molecule has 1 aliphatic heterocycles. The van der Waals surface area contributed by atoms with Crippen LogP contribution < -0.4 is 5.73 Å². The summed E-state index contributed by atoms with van der Waals surface area (Å²) in [5.41, 5.74) is 7.73. The quantitative estimate of drug-likeness (QED) is 0.660. The first-order valence-electron chi connectivity index (χ1n) is 8.21. The van der Waals surface area contributed by atoms with Gasteiger partial charge in [-0.05, 0) is 30.9 Å². The Kier molecular flexibility index (Phi) is 5.12. The molecule has 0 radical (unpaired) electrons. The average molecular weight is 329 g/mol. The molecule has 0 aliphatic carbocycles. The van der Waals surface area contributed by atoms with Crippen LogP contribution in [0.2, 0.25) is 0 Å². The van der Waals surface area contributed by atoms with Gasteiger partial charge in [0.05, 0.1) is 0 Å². The van der Waals surface area contributed by atoms with Crippen LogP contribution in [-0.2, 0) is 6.42 Å². The number of para-hydroxylation sites is 1. The zero-order valence-corrected chi connectivity index (χ0v) is 13.6. The van der Waals surface area contributed by atoms with Crippen molar-refractivity contribution < 1.29 is 10.0 Å². The minimum absolute atomic E-state index is 0.0625. The Labute approximate surface area is 141 Å². The highest BCUT2D eigenvalue weighted by Gasteiger charge is 2.26. The second kappa shape index (κ2) is 7.46. The first-order chi connectivity index (χ1) is 11.6. The maximum Gasteiger partial charge on any atom is 0.329 e. The van der Waals surface area contributed by atoms with Gasteiger partial charge < -0.3 is 15.8 Å². The van der Waals surface area contributed by atoms with E-state index in [1.165, 1.54) is 16.0 Å². The Morgan fingerprint density at radius 2 is 2.08 bits per heavy atom. The largest absolute Gasteiger partial charge is 0.399 e. The summed E-state index contributed by atoms with van der Waals surface area (Å²) in [6.07, 6.45) is 6.96. The van der Waals surface area contributed by atoms with Crippen LogP contribution in [0.25, 0.3) is 0 Å². The molecule has 0 unspecified atom stereocenters. The summed E-state index contributed by atoms with van der Waals surface area (Å²) in [6.45, 7) is 1.80. The zero-order valence-electron chi connectivity index (χ0n) is 13.6. The number of imidazole rings is 1. The lowest BCUT2D eigenvalue weighted by Crippen LogP contribution is -2.47. The number of likely N-dealkylation sites (tertiary alicyclic amines) is 1. The molecule has 1 amide bonds. The average Bonchev–Trinajstić information content (AvgIpc) is 3.15. The van der Waals surface area contributed by atoms with Crippen molar-refractivity contribution in [3.8, 4) is 0 Å². The third kappa shape index (κ3) is 3.74. The zero-order chi connectivity index (χ0) is 16.9. The number of nitrogen functional groups attached to an aromatic ring is 1. The van der Waals surface area contributed by atoms with Crippen molar-refractivity contribution in [2.45, 2.75) is 25.3 Å². The Morgan fingerprint density at radius 1 is 1.33 bits per heavy atom. The lowest BCUT2D eigenvalue weighted by atomic mass is 10.0. The van der Waals surface area contributed by atoms with E-state index in [4.69, 9.17) is 5.73 Å². The highest BCUT2D eigenvalue weighted by Crippen LogP contribution is 2.18. The number of hydroxylamine groups is 2. The van der Waals surface area contributed by atoms with Crippen molar-refractivity contribution in [1.29, 1.82) is 0 Å². The number of carbonyl (C=O) groups is 1. The molecule has 0 saturated carbocycles. The third-order valence-electron chi connectivity index (χ3n) is 4.55. The summed E-state index contributed by atoms with van der Waals surface area (Å²) in [5.74, 6) is 0. The molecule has 0 spiro atoms. The van der Waals surface area contributed by atoms with E-state index < -0.39 is 0 Å². The van der Waals surface area contributed by atoms with Crippen LogP contribution in [0.4, 0.5) is 10.5 Å². The number of aromatic nitrogens is 2. The molecule has 3 rings (SSSR count). The number of hydrogen-bond donors (Lipinski definition) is 2. The number of nitrogens with two attached hydrogens (primary N) is 1. The van der Waals surface area contributed by atoms with Crippen molar-refractivity contribution in [1.82, 2.24) is 19.5 Å². The molecule has 0 atom stereocenters. The number of anilines is 1. The Hall–Kier alpha value is -2.38. The summed E-state index contributed by atoms with van der Waals surface area (Å²) in [5, 5.41) is 11.7. The van der Waals surface area contributed by atoms with Gasteiger partial charge in [-0.2, -0.15) is 5.06 Å². The van der Waals surface area contributed by atoms with Gasteiger partial charge >= 0.3 is 6.03 Å². The molecule has 3 N–H and O–H groups in total. The number of carbonyl (C=O) groups excluding carboxylic acids is 1. The van der Waals surface area contributed by atoms with Crippen molar-refractivity contribution in [3.63, 3.8) is 0 Å². The van der Waals surface area contributed by atoms with Gasteiger partial charge in [-0.1, -0.05) is 18.2 Å². The van der Waals surface area contributed by atoms with Crippen molar-refractivity contribution >= 4 is 11.7 Å². The lowest BCUT2D eigenvalue weighted by molar-refractivity contribution is -0.136. The van der Waals surface area contributed by atoms with Crippen molar-refractivity contribution in [2.75, 3.05) is 25.4 Å². The van der Waals surface area contributed by atoms with E-state index in [1.54, 1.807) is 17.3 Å². The fourth-order valence-electron chi connectivity index (χ4n) is 3.07. The van der Waals surface area contributed by atoms with Crippen LogP contribution in [0, 0.1) is 0 Å². The van der Waals surface area contributed by atoms with E-state index in [9.17, 15) is 10.0 Å². The first-order valence-corrected chi connectivity index (χ1v) is 8.21. The number of rotatable bonds is 4. The highest BCUT2D eigenvalue weighted by molar-refractivity contribution is 5.76. The van der Waals surface area contributed by atoms with Crippen LogP contribution in [0.3, 0.4) is 0 Å². The maximum absolute atomic E-state index is 12.2. The van der Waals surface area contributed by atoms with Crippen LogP contribution in [0.15, 0.2) is 43.0 Å². The molecule has 1 saturated heterocycles. The molecule has 128 valence electrons. The molecule has 1 aromatic carbocycles. The fourth-order valence-corrected chi connectivity index (χ4v) is 3.07. The van der Waals surface area contributed by atoms with E-state index in [0.717, 1.165) is 24.1 Å². The topological polar surface area (TPSA) is 87.6 Å². The molecule has 1 fully saturated rings. The number of hydrogen-bond acceptors (Lipinski definition) is 5. The maximum atomic E-state index is 12.2. The number of piperidine rings is 1. The molecule has 2 heterocycles. The molecule has 1 aliphatic rings.